The molecule has 0 N–H and O–H groups in total. The summed E-state index contributed by atoms with van der Waals surface area (Å²) >= 11 is 0. The Morgan fingerprint density at radius 1 is 1.41 bits per heavy atom. The number of carbonyl (C=O) groups excluding carboxylic acids is 1. The number of ether oxygens (including phenoxy) is 2. The Hall–Kier alpha value is -1.27. The van der Waals surface area contributed by atoms with Crippen LogP contribution in [0.5, 0.6) is 0 Å². The van der Waals surface area contributed by atoms with Gasteiger partial charge in [-0.25, -0.2) is 8.78 Å². The summed E-state index contributed by atoms with van der Waals surface area (Å²) in [6, 6.07) is 0. The second-order valence-corrected chi connectivity index (χ2v) is 3.57. The van der Waals surface area contributed by atoms with Crippen molar-refractivity contribution in [3.8, 4) is 0 Å². The van der Waals surface area contributed by atoms with Crippen LogP contribution in [-0.2, 0) is 14.3 Å². The Bertz CT molecular complexity index is 293. The lowest BCUT2D eigenvalue weighted by Gasteiger charge is -2.38. The minimum absolute atomic E-state index is 0.460. The normalized spacial score (nSPS) is 17.2. The number of hydrogen-bond donors (Lipinski definition) is 0. The highest BCUT2D eigenvalue weighted by Crippen LogP contribution is 2.40. The van der Waals surface area contributed by atoms with E-state index in [1.165, 1.54) is 0 Å². The molecule has 0 heterocycles. The van der Waals surface area contributed by atoms with Gasteiger partial charge < -0.3 is 9.47 Å². The molecular weight excluding hydrogens is 244 g/mol. The van der Waals surface area contributed by atoms with Crippen molar-refractivity contribution in [1.29, 1.82) is 0 Å². The molecule has 0 spiro atoms. The van der Waals surface area contributed by atoms with Gasteiger partial charge in [0.15, 0.2) is 6.10 Å². The minimum Gasteiger partial charge on any atom is -0.492 e. The van der Waals surface area contributed by atoms with E-state index < -0.39 is 30.0 Å². The first-order chi connectivity index (χ1) is 7.59. The molecule has 0 aromatic heterocycles. The average Bonchev–Trinajstić information content (AvgIpc) is 2.16. The molecule has 0 aromatic carbocycles. The van der Waals surface area contributed by atoms with Gasteiger partial charge in [0, 0.05) is 6.92 Å². The highest BCUT2D eigenvalue weighted by atomic mass is 19.3. The monoisotopic (exact) mass is 258 g/mol. The van der Waals surface area contributed by atoms with Gasteiger partial charge in [-0.1, -0.05) is 6.58 Å². The van der Waals surface area contributed by atoms with Crippen molar-refractivity contribution >= 4 is 5.97 Å². The molecule has 7 heteroatoms. The van der Waals surface area contributed by atoms with E-state index in [-0.39, 0.29) is 0 Å². The lowest BCUT2D eigenvalue weighted by atomic mass is 9.94. The van der Waals surface area contributed by atoms with Crippen molar-refractivity contribution in [2.45, 2.75) is 44.8 Å². The predicted molar refractivity (Wildman–Crippen MR) is 51.9 cm³/mol. The molecule has 0 rings (SSSR count). The van der Waals surface area contributed by atoms with E-state index in [9.17, 15) is 22.4 Å². The molecule has 0 aliphatic rings. The van der Waals surface area contributed by atoms with Crippen LogP contribution in [0.1, 0.15) is 20.8 Å². The molecule has 3 nitrogen and oxygen atoms in total. The number of alkyl halides is 4. The minimum atomic E-state index is -4.07. The van der Waals surface area contributed by atoms with Gasteiger partial charge in [-0.2, -0.15) is 8.78 Å². The topological polar surface area (TPSA) is 35.5 Å². The molecule has 100 valence electrons. The van der Waals surface area contributed by atoms with Gasteiger partial charge in [0.2, 0.25) is 5.60 Å². The van der Waals surface area contributed by atoms with Gasteiger partial charge in [-0.05, 0) is 13.8 Å². The molecule has 0 aliphatic carbocycles. The molecule has 0 fully saturated rings. The van der Waals surface area contributed by atoms with E-state index in [0.717, 1.165) is 13.8 Å². The first kappa shape index (κ1) is 15.7. The lowest BCUT2D eigenvalue weighted by Crippen LogP contribution is -2.59. The van der Waals surface area contributed by atoms with Gasteiger partial charge in [-0.15, -0.1) is 0 Å². The first-order valence-corrected chi connectivity index (χ1v) is 4.71. The zero-order valence-corrected chi connectivity index (χ0v) is 9.68. The van der Waals surface area contributed by atoms with Gasteiger partial charge >= 0.3 is 11.9 Å². The maximum Gasteiger partial charge on any atom is 0.327 e. The Labute approximate surface area is 96.4 Å². The van der Waals surface area contributed by atoms with Crippen LogP contribution < -0.4 is 0 Å². The van der Waals surface area contributed by atoms with Crippen LogP contribution in [0.4, 0.5) is 17.6 Å². The second-order valence-electron chi connectivity index (χ2n) is 3.57. The summed E-state index contributed by atoms with van der Waals surface area (Å²) in [5.74, 6) is -5.29. The SMILES string of the molecule is C=COC(C)C(F)(F)C(C)(OC(C)=O)C(F)F. The van der Waals surface area contributed by atoms with Gasteiger partial charge in [-0.3, -0.25) is 4.79 Å². The van der Waals surface area contributed by atoms with E-state index in [2.05, 4.69) is 16.1 Å². The van der Waals surface area contributed by atoms with Crippen molar-refractivity contribution in [1.82, 2.24) is 0 Å². The van der Waals surface area contributed by atoms with Gasteiger partial charge in [0.25, 0.3) is 6.43 Å². The fourth-order valence-corrected chi connectivity index (χ4v) is 1.19. The highest BCUT2D eigenvalue weighted by Gasteiger charge is 2.63. The zero-order valence-electron chi connectivity index (χ0n) is 9.68. The third kappa shape index (κ3) is 3.10. The molecule has 0 aliphatic heterocycles. The third-order valence-electron chi connectivity index (χ3n) is 2.24. The number of rotatable bonds is 6. The van der Waals surface area contributed by atoms with Crippen molar-refractivity contribution in [2.75, 3.05) is 0 Å². The van der Waals surface area contributed by atoms with Crippen LogP contribution in [0.3, 0.4) is 0 Å². The summed E-state index contributed by atoms with van der Waals surface area (Å²) < 4.78 is 61.3. The summed E-state index contributed by atoms with van der Waals surface area (Å²) in [5, 5.41) is 0. The van der Waals surface area contributed by atoms with Gasteiger partial charge in [0.1, 0.15) is 0 Å². The molecule has 0 bridgehead atoms. The predicted octanol–water partition coefficient (Wildman–Crippen LogP) is 2.76. The standard InChI is InChI=1S/C10H14F4O3/c1-5-16-6(2)10(13,14)9(4,8(11)12)17-7(3)15/h5-6,8H,1H2,2-4H3. The summed E-state index contributed by atoms with van der Waals surface area (Å²) in [7, 11) is 0. The molecule has 2 atom stereocenters. The van der Waals surface area contributed by atoms with Crippen LogP contribution in [0.25, 0.3) is 0 Å². The summed E-state index contributed by atoms with van der Waals surface area (Å²) in [5.41, 5.74) is -3.25. The van der Waals surface area contributed by atoms with Crippen LogP contribution >= 0.6 is 0 Å². The largest absolute Gasteiger partial charge is 0.492 e. The number of esters is 1. The lowest BCUT2D eigenvalue weighted by molar-refractivity contribution is -0.271. The van der Waals surface area contributed by atoms with E-state index in [4.69, 9.17) is 0 Å². The number of halogens is 4. The maximum absolute atomic E-state index is 13.7. The van der Waals surface area contributed by atoms with Crippen LogP contribution in [-0.4, -0.2) is 30.0 Å². The van der Waals surface area contributed by atoms with Crippen LogP contribution in [0, 0.1) is 0 Å². The molecule has 0 amide bonds. The second kappa shape index (κ2) is 5.37. The Morgan fingerprint density at radius 3 is 2.18 bits per heavy atom. The maximum atomic E-state index is 13.7. The van der Waals surface area contributed by atoms with Crippen molar-refractivity contribution < 1.29 is 31.8 Å². The molecular formula is C10H14F4O3. The third-order valence-corrected chi connectivity index (χ3v) is 2.24. The quantitative estimate of drug-likeness (QED) is 0.417. The Kier molecular flexibility index (Phi) is 4.97. The van der Waals surface area contributed by atoms with Crippen molar-refractivity contribution in [2.24, 2.45) is 0 Å². The summed E-state index contributed by atoms with van der Waals surface area (Å²) in [6.07, 6.45) is -4.76. The van der Waals surface area contributed by atoms with Gasteiger partial charge in [0.05, 0.1) is 6.26 Å². The molecule has 0 aromatic rings. The average molecular weight is 258 g/mol. The Morgan fingerprint density at radius 2 is 1.88 bits per heavy atom. The van der Waals surface area contributed by atoms with Crippen LogP contribution in [0.15, 0.2) is 12.8 Å². The smallest absolute Gasteiger partial charge is 0.327 e. The fraction of sp³-hybridized carbons (Fsp3) is 0.700. The highest BCUT2D eigenvalue weighted by molar-refractivity contribution is 5.66. The van der Waals surface area contributed by atoms with E-state index in [1.54, 1.807) is 0 Å². The first-order valence-electron chi connectivity index (χ1n) is 4.71. The van der Waals surface area contributed by atoms with Crippen molar-refractivity contribution in [3.05, 3.63) is 12.8 Å². The Balaban J connectivity index is 5.28. The van der Waals surface area contributed by atoms with E-state index >= 15 is 0 Å². The molecule has 0 radical (unpaired) electrons. The molecule has 0 saturated heterocycles. The summed E-state index contributed by atoms with van der Waals surface area (Å²) in [6.45, 7) is 5.17. The van der Waals surface area contributed by atoms with Crippen LogP contribution in [0.2, 0.25) is 0 Å². The molecule has 2 unspecified atom stereocenters. The summed E-state index contributed by atoms with van der Waals surface area (Å²) in [4.78, 5) is 10.6. The number of carbonyl (C=O) groups is 1. The van der Waals surface area contributed by atoms with E-state index in [0.29, 0.717) is 13.2 Å². The van der Waals surface area contributed by atoms with E-state index in [1.807, 2.05) is 0 Å². The molecule has 0 saturated carbocycles. The molecule has 17 heavy (non-hydrogen) atoms. The fourth-order valence-electron chi connectivity index (χ4n) is 1.19. The number of hydrogen-bond acceptors (Lipinski definition) is 3. The zero-order chi connectivity index (χ0) is 13.9. The van der Waals surface area contributed by atoms with Crippen molar-refractivity contribution in [3.63, 3.8) is 0 Å².